The smallest absolute Gasteiger partial charge is 0.260 e. The molecule has 0 unspecified atom stereocenters. The van der Waals surface area contributed by atoms with E-state index in [9.17, 15) is 4.79 Å². The number of hydrogen-bond acceptors (Lipinski definition) is 7. The Morgan fingerprint density at radius 3 is 2.34 bits per heavy atom. The van der Waals surface area contributed by atoms with E-state index in [0.29, 0.717) is 42.0 Å². The molecule has 0 fully saturated rings. The standard InChI is InChI=1S/C27H27N3O4S/c1-29(2)13-6-14-30(27-28-22-17-23-24(18-25(22)35-27)33-16-15-32-23)26(31)19-9-11-21(12-10-19)34-20-7-4-3-5-8-20/h3-5,7-12,17-18H,6,13-16H2,1-2H3. The van der Waals surface area contributed by atoms with Gasteiger partial charge in [-0.2, -0.15) is 0 Å². The summed E-state index contributed by atoms with van der Waals surface area (Å²) in [7, 11) is 4.06. The van der Waals surface area contributed by atoms with Crippen LogP contribution in [0.5, 0.6) is 23.0 Å². The highest BCUT2D eigenvalue weighted by atomic mass is 32.1. The van der Waals surface area contributed by atoms with Crippen molar-refractivity contribution in [1.82, 2.24) is 9.88 Å². The van der Waals surface area contributed by atoms with Gasteiger partial charge in [0, 0.05) is 24.2 Å². The topological polar surface area (TPSA) is 64.1 Å². The first-order valence-electron chi connectivity index (χ1n) is 11.6. The molecule has 180 valence electrons. The molecule has 3 aromatic carbocycles. The number of carbonyl (C=O) groups is 1. The molecule has 5 rings (SSSR count). The first-order valence-corrected chi connectivity index (χ1v) is 12.4. The van der Waals surface area contributed by atoms with Gasteiger partial charge in [0.15, 0.2) is 16.6 Å². The third kappa shape index (κ3) is 5.39. The maximum Gasteiger partial charge on any atom is 0.260 e. The van der Waals surface area contributed by atoms with Gasteiger partial charge in [0.1, 0.15) is 24.7 Å². The van der Waals surface area contributed by atoms with Crippen molar-refractivity contribution in [2.24, 2.45) is 0 Å². The number of rotatable bonds is 8. The number of ether oxygens (including phenoxy) is 3. The minimum atomic E-state index is -0.0914. The van der Waals surface area contributed by atoms with Crippen molar-refractivity contribution in [3.05, 3.63) is 72.3 Å². The van der Waals surface area contributed by atoms with Crippen LogP contribution in [0.2, 0.25) is 0 Å². The van der Waals surface area contributed by atoms with E-state index in [1.165, 1.54) is 11.3 Å². The summed E-state index contributed by atoms with van der Waals surface area (Å²) >= 11 is 1.49. The fraction of sp³-hybridized carbons (Fsp3) is 0.259. The van der Waals surface area contributed by atoms with Crippen LogP contribution in [-0.4, -0.2) is 56.2 Å². The third-order valence-corrected chi connectivity index (χ3v) is 6.63. The molecule has 0 spiro atoms. The van der Waals surface area contributed by atoms with Crippen molar-refractivity contribution >= 4 is 32.6 Å². The highest BCUT2D eigenvalue weighted by molar-refractivity contribution is 7.22. The van der Waals surface area contributed by atoms with Gasteiger partial charge in [-0.25, -0.2) is 4.98 Å². The first-order chi connectivity index (χ1) is 17.1. The third-order valence-electron chi connectivity index (χ3n) is 5.58. The Morgan fingerprint density at radius 1 is 0.943 bits per heavy atom. The normalized spacial score (nSPS) is 12.7. The summed E-state index contributed by atoms with van der Waals surface area (Å²) < 4.78 is 18.3. The number of aromatic nitrogens is 1. The Balaban J connectivity index is 1.40. The van der Waals surface area contributed by atoms with Crippen LogP contribution in [0.1, 0.15) is 16.8 Å². The molecule has 0 bridgehead atoms. The molecule has 8 heteroatoms. The number of carbonyl (C=O) groups excluding carboxylic acids is 1. The molecule has 1 amide bonds. The van der Waals surface area contributed by atoms with Gasteiger partial charge in [-0.15, -0.1) is 0 Å². The van der Waals surface area contributed by atoms with E-state index in [4.69, 9.17) is 19.2 Å². The molecule has 2 heterocycles. The van der Waals surface area contributed by atoms with Crippen molar-refractivity contribution in [2.75, 3.05) is 45.3 Å². The van der Waals surface area contributed by atoms with E-state index in [-0.39, 0.29) is 5.91 Å². The Kier molecular flexibility index (Phi) is 6.83. The van der Waals surface area contributed by atoms with Gasteiger partial charge >= 0.3 is 0 Å². The lowest BCUT2D eigenvalue weighted by molar-refractivity contribution is 0.0986. The van der Waals surface area contributed by atoms with Crippen molar-refractivity contribution in [2.45, 2.75) is 6.42 Å². The zero-order valence-electron chi connectivity index (χ0n) is 19.8. The number of hydrogen-bond donors (Lipinski definition) is 0. The number of fused-ring (bicyclic) bond motifs is 2. The van der Waals surface area contributed by atoms with Crippen LogP contribution >= 0.6 is 11.3 Å². The van der Waals surface area contributed by atoms with E-state index in [1.807, 2.05) is 68.7 Å². The highest BCUT2D eigenvalue weighted by Gasteiger charge is 2.23. The summed E-state index contributed by atoms with van der Waals surface area (Å²) in [5.74, 6) is 2.75. The first kappa shape index (κ1) is 23.1. The summed E-state index contributed by atoms with van der Waals surface area (Å²) in [5.41, 5.74) is 1.38. The predicted octanol–water partition coefficient (Wildman–Crippen LogP) is 5.46. The summed E-state index contributed by atoms with van der Waals surface area (Å²) in [6, 6.07) is 20.7. The number of anilines is 1. The maximum atomic E-state index is 13.6. The number of amides is 1. The Bertz CT molecular complexity index is 1260. The van der Waals surface area contributed by atoms with E-state index >= 15 is 0 Å². The minimum absolute atomic E-state index is 0.0914. The van der Waals surface area contributed by atoms with Gasteiger partial charge in [-0.1, -0.05) is 29.5 Å². The van der Waals surface area contributed by atoms with Crippen LogP contribution in [0.3, 0.4) is 0 Å². The molecule has 0 radical (unpaired) electrons. The lowest BCUT2D eigenvalue weighted by Gasteiger charge is -2.21. The molecule has 0 saturated heterocycles. The molecule has 1 aromatic heterocycles. The van der Waals surface area contributed by atoms with Gasteiger partial charge in [-0.05, 0) is 63.5 Å². The molecule has 0 saturated carbocycles. The van der Waals surface area contributed by atoms with Crippen LogP contribution in [-0.2, 0) is 0 Å². The van der Waals surface area contributed by atoms with Crippen LogP contribution in [0, 0.1) is 0 Å². The summed E-state index contributed by atoms with van der Waals surface area (Å²) in [4.78, 5) is 22.3. The number of benzene rings is 3. The van der Waals surface area contributed by atoms with Gasteiger partial charge in [0.05, 0.1) is 10.2 Å². The number of thiazole rings is 1. The largest absolute Gasteiger partial charge is 0.486 e. The summed E-state index contributed by atoms with van der Waals surface area (Å²) in [6.45, 7) is 2.48. The van der Waals surface area contributed by atoms with Crippen LogP contribution in [0.25, 0.3) is 10.2 Å². The molecular weight excluding hydrogens is 462 g/mol. The zero-order valence-corrected chi connectivity index (χ0v) is 20.6. The highest BCUT2D eigenvalue weighted by Crippen LogP contribution is 2.39. The maximum absolute atomic E-state index is 13.6. The molecule has 0 N–H and O–H groups in total. The molecule has 0 aliphatic carbocycles. The second kappa shape index (κ2) is 10.3. The van der Waals surface area contributed by atoms with Crippen molar-refractivity contribution in [3.63, 3.8) is 0 Å². The van der Waals surface area contributed by atoms with Crippen LogP contribution in [0.4, 0.5) is 5.13 Å². The molecule has 35 heavy (non-hydrogen) atoms. The number of nitrogens with zero attached hydrogens (tertiary/aromatic N) is 3. The summed E-state index contributed by atoms with van der Waals surface area (Å²) in [6.07, 6.45) is 0.826. The lowest BCUT2D eigenvalue weighted by Crippen LogP contribution is -2.33. The molecule has 4 aromatic rings. The molecule has 0 atom stereocenters. The SMILES string of the molecule is CN(C)CCCN(C(=O)c1ccc(Oc2ccccc2)cc1)c1nc2cc3c(cc2s1)OCCO3. The Labute approximate surface area is 208 Å². The second-order valence-corrected chi connectivity index (χ2v) is 9.52. The summed E-state index contributed by atoms with van der Waals surface area (Å²) in [5, 5.41) is 0.663. The van der Waals surface area contributed by atoms with E-state index in [0.717, 1.165) is 34.7 Å². The van der Waals surface area contributed by atoms with Crippen LogP contribution < -0.4 is 19.1 Å². The molecule has 1 aliphatic heterocycles. The van der Waals surface area contributed by atoms with Gasteiger partial charge in [0.2, 0.25) is 0 Å². The number of para-hydroxylation sites is 1. The molecule has 1 aliphatic rings. The van der Waals surface area contributed by atoms with Gasteiger partial charge in [-0.3, -0.25) is 9.69 Å². The van der Waals surface area contributed by atoms with Gasteiger partial charge < -0.3 is 19.1 Å². The lowest BCUT2D eigenvalue weighted by atomic mass is 10.2. The average Bonchev–Trinajstić information content (AvgIpc) is 3.28. The average molecular weight is 490 g/mol. The van der Waals surface area contributed by atoms with Crippen molar-refractivity contribution in [1.29, 1.82) is 0 Å². The van der Waals surface area contributed by atoms with Crippen molar-refractivity contribution < 1.29 is 19.0 Å². The second-order valence-electron chi connectivity index (χ2n) is 8.51. The fourth-order valence-corrected chi connectivity index (χ4v) is 4.84. The van der Waals surface area contributed by atoms with E-state index in [1.54, 1.807) is 17.0 Å². The monoisotopic (exact) mass is 489 g/mol. The van der Waals surface area contributed by atoms with E-state index < -0.39 is 0 Å². The minimum Gasteiger partial charge on any atom is -0.486 e. The van der Waals surface area contributed by atoms with E-state index in [2.05, 4.69) is 4.90 Å². The fourth-order valence-electron chi connectivity index (χ4n) is 3.84. The Hall–Kier alpha value is -3.62. The zero-order chi connectivity index (χ0) is 24.2. The van der Waals surface area contributed by atoms with Crippen molar-refractivity contribution in [3.8, 4) is 23.0 Å². The molecular formula is C27H27N3O4S. The Morgan fingerprint density at radius 2 is 1.63 bits per heavy atom. The molecule has 7 nitrogen and oxygen atoms in total. The quantitative estimate of drug-likeness (QED) is 0.328. The van der Waals surface area contributed by atoms with Crippen LogP contribution in [0.15, 0.2) is 66.7 Å². The predicted molar refractivity (Wildman–Crippen MR) is 138 cm³/mol. The van der Waals surface area contributed by atoms with Gasteiger partial charge in [0.25, 0.3) is 5.91 Å².